The molecule has 3 rings (SSSR count). The van der Waals surface area contributed by atoms with Crippen molar-refractivity contribution in [2.75, 3.05) is 12.4 Å². The Morgan fingerprint density at radius 1 is 1.24 bits per heavy atom. The van der Waals surface area contributed by atoms with Crippen molar-refractivity contribution in [3.8, 4) is 11.4 Å². The van der Waals surface area contributed by atoms with Crippen LogP contribution in [0.2, 0.25) is 5.02 Å². The Labute approximate surface area is 148 Å². The summed E-state index contributed by atoms with van der Waals surface area (Å²) < 4.78 is 18.9. The molecule has 3 aromatic rings. The van der Waals surface area contributed by atoms with Gasteiger partial charge in [0.2, 0.25) is 0 Å². The van der Waals surface area contributed by atoms with Crippen LogP contribution in [0, 0.1) is 12.7 Å². The monoisotopic (exact) mass is 360 g/mol. The predicted molar refractivity (Wildman–Crippen MR) is 92.0 cm³/mol. The first-order chi connectivity index (χ1) is 12.0. The third-order valence-corrected chi connectivity index (χ3v) is 3.69. The van der Waals surface area contributed by atoms with E-state index < -0.39 is 11.7 Å². The average Bonchev–Trinajstić information content (AvgIpc) is 2.99. The summed E-state index contributed by atoms with van der Waals surface area (Å²) in [5.74, 6) is -0.719. The second-order valence-corrected chi connectivity index (χ2v) is 5.64. The molecule has 0 aliphatic carbocycles. The van der Waals surface area contributed by atoms with Gasteiger partial charge in [0.25, 0.3) is 5.91 Å². The van der Waals surface area contributed by atoms with E-state index in [9.17, 15) is 9.18 Å². The van der Waals surface area contributed by atoms with Crippen molar-refractivity contribution in [3.05, 3.63) is 64.7 Å². The van der Waals surface area contributed by atoms with Gasteiger partial charge in [-0.05, 0) is 37.3 Å². The molecule has 1 heterocycles. The Bertz CT molecular complexity index is 942. The van der Waals surface area contributed by atoms with Gasteiger partial charge < -0.3 is 10.1 Å². The number of halogens is 2. The van der Waals surface area contributed by atoms with E-state index in [0.29, 0.717) is 22.2 Å². The molecule has 8 heteroatoms. The summed E-state index contributed by atoms with van der Waals surface area (Å²) in [4.78, 5) is 13.7. The molecule has 0 spiro atoms. The Hall–Kier alpha value is -2.93. The zero-order chi connectivity index (χ0) is 18.0. The normalized spacial score (nSPS) is 10.6. The number of nitrogens with one attached hydrogen (secondary N) is 1. The number of carbonyl (C=O) groups is 1. The number of ether oxygens (including phenoxy) is 1. The molecule has 0 radical (unpaired) electrons. The van der Waals surface area contributed by atoms with Crippen molar-refractivity contribution in [3.63, 3.8) is 0 Å². The van der Waals surface area contributed by atoms with Crippen LogP contribution in [0.15, 0.2) is 42.5 Å². The Kier molecular flexibility index (Phi) is 4.67. The molecule has 1 aromatic heterocycles. The Balaban J connectivity index is 1.88. The molecular weight excluding hydrogens is 347 g/mol. The minimum absolute atomic E-state index is 0.000977. The summed E-state index contributed by atoms with van der Waals surface area (Å²) >= 11 is 5.96. The topological polar surface area (TPSA) is 69.0 Å². The van der Waals surface area contributed by atoms with E-state index in [-0.39, 0.29) is 11.4 Å². The molecule has 0 bridgehead atoms. The fraction of sp³-hybridized carbons (Fsp3) is 0.118. The van der Waals surface area contributed by atoms with Gasteiger partial charge >= 0.3 is 0 Å². The second-order valence-electron chi connectivity index (χ2n) is 5.20. The average molecular weight is 361 g/mol. The number of carbonyl (C=O) groups excluding carboxylic acids is 1. The number of hydrogen-bond acceptors (Lipinski definition) is 4. The van der Waals surface area contributed by atoms with Crippen molar-refractivity contribution in [1.29, 1.82) is 0 Å². The zero-order valence-corrected chi connectivity index (χ0v) is 14.2. The summed E-state index contributed by atoms with van der Waals surface area (Å²) in [6.45, 7) is 1.64. The van der Waals surface area contributed by atoms with E-state index >= 15 is 0 Å². The van der Waals surface area contributed by atoms with E-state index in [1.54, 1.807) is 31.2 Å². The molecule has 0 fully saturated rings. The van der Waals surface area contributed by atoms with Crippen molar-refractivity contribution in [2.45, 2.75) is 6.92 Å². The molecule has 2 aromatic carbocycles. The maximum atomic E-state index is 13.9. The lowest BCUT2D eigenvalue weighted by atomic mass is 10.2. The van der Waals surface area contributed by atoms with Crippen molar-refractivity contribution in [1.82, 2.24) is 15.0 Å². The molecule has 0 saturated carbocycles. The number of rotatable bonds is 4. The standard InChI is InChI=1S/C17H14ClFN4O2/c1-10-16(22-23(21-10)12-5-3-4-11(18)8-12)17(24)20-15-9-13(25-2)6-7-14(15)19/h3-9H,1-2H3,(H,20,24). The van der Waals surface area contributed by atoms with E-state index in [4.69, 9.17) is 16.3 Å². The Morgan fingerprint density at radius 2 is 2.04 bits per heavy atom. The molecular formula is C17H14ClFN4O2. The fourth-order valence-electron chi connectivity index (χ4n) is 2.21. The first kappa shape index (κ1) is 16.9. The van der Waals surface area contributed by atoms with E-state index in [0.717, 1.165) is 0 Å². The van der Waals surface area contributed by atoms with Gasteiger partial charge in [0.15, 0.2) is 5.69 Å². The molecule has 25 heavy (non-hydrogen) atoms. The van der Waals surface area contributed by atoms with E-state index in [1.807, 2.05) is 0 Å². The van der Waals surface area contributed by atoms with Gasteiger partial charge in [-0.25, -0.2) is 4.39 Å². The van der Waals surface area contributed by atoms with E-state index in [2.05, 4.69) is 15.5 Å². The van der Waals surface area contributed by atoms with Crippen LogP contribution < -0.4 is 10.1 Å². The highest BCUT2D eigenvalue weighted by Gasteiger charge is 2.18. The van der Waals surface area contributed by atoms with E-state index in [1.165, 1.54) is 30.1 Å². The first-order valence-corrected chi connectivity index (χ1v) is 7.70. The number of methoxy groups -OCH3 is 1. The largest absolute Gasteiger partial charge is 0.497 e. The summed E-state index contributed by atoms with van der Waals surface area (Å²) in [7, 11) is 1.46. The van der Waals surface area contributed by atoms with Crippen LogP contribution in [0.25, 0.3) is 5.69 Å². The molecule has 6 nitrogen and oxygen atoms in total. The third-order valence-electron chi connectivity index (χ3n) is 3.46. The number of amides is 1. The lowest BCUT2D eigenvalue weighted by molar-refractivity contribution is 0.102. The minimum atomic E-state index is -0.575. The Morgan fingerprint density at radius 3 is 2.76 bits per heavy atom. The van der Waals surface area contributed by atoms with Gasteiger partial charge in [0.1, 0.15) is 11.6 Å². The van der Waals surface area contributed by atoms with Crippen molar-refractivity contribution in [2.24, 2.45) is 0 Å². The van der Waals surface area contributed by atoms with Crippen LogP contribution in [0.5, 0.6) is 5.75 Å². The van der Waals surface area contributed by atoms with Gasteiger partial charge in [-0.2, -0.15) is 9.90 Å². The maximum Gasteiger partial charge on any atom is 0.278 e. The summed E-state index contributed by atoms with van der Waals surface area (Å²) in [5.41, 5.74) is 1.10. The van der Waals surface area contributed by atoms with Gasteiger partial charge in [-0.3, -0.25) is 4.79 Å². The lowest BCUT2D eigenvalue weighted by Crippen LogP contribution is -2.15. The number of hydrogen-bond donors (Lipinski definition) is 1. The van der Waals surface area contributed by atoms with Gasteiger partial charge in [-0.15, -0.1) is 5.10 Å². The molecule has 0 atom stereocenters. The number of aryl methyl sites for hydroxylation is 1. The van der Waals surface area contributed by atoms with Gasteiger partial charge in [-0.1, -0.05) is 17.7 Å². The maximum absolute atomic E-state index is 13.9. The SMILES string of the molecule is COc1ccc(F)c(NC(=O)c2nn(-c3cccc(Cl)c3)nc2C)c1. The highest BCUT2D eigenvalue weighted by atomic mass is 35.5. The number of anilines is 1. The first-order valence-electron chi connectivity index (χ1n) is 7.32. The number of nitrogens with zero attached hydrogens (tertiary/aromatic N) is 3. The smallest absolute Gasteiger partial charge is 0.278 e. The van der Waals surface area contributed by atoms with Crippen molar-refractivity contribution >= 4 is 23.2 Å². The molecule has 0 saturated heterocycles. The van der Waals surface area contributed by atoms with Crippen molar-refractivity contribution < 1.29 is 13.9 Å². The predicted octanol–water partition coefficient (Wildman–Crippen LogP) is 3.63. The summed E-state index contributed by atoms with van der Waals surface area (Å²) in [6, 6.07) is 11.0. The fourth-order valence-corrected chi connectivity index (χ4v) is 2.40. The van der Waals surface area contributed by atoms with Crippen LogP contribution in [-0.2, 0) is 0 Å². The highest BCUT2D eigenvalue weighted by molar-refractivity contribution is 6.30. The van der Waals surface area contributed by atoms with Crippen LogP contribution in [0.3, 0.4) is 0 Å². The second kappa shape index (κ2) is 6.90. The van der Waals surface area contributed by atoms with Crippen LogP contribution in [0.4, 0.5) is 10.1 Å². The molecule has 0 aliphatic heterocycles. The number of aromatic nitrogens is 3. The summed E-state index contributed by atoms with van der Waals surface area (Å²) in [6.07, 6.45) is 0. The highest BCUT2D eigenvalue weighted by Crippen LogP contribution is 2.22. The summed E-state index contributed by atoms with van der Waals surface area (Å²) in [5, 5.41) is 11.4. The third kappa shape index (κ3) is 3.61. The van der Waals surface area contributed by atoms with Crippen LogP contribution >= 0.6 is 11.6 Å². The lowest BCUT2D eigenvalue weighted by Gasteiger charge is -2.07. The van der Waals surface area contributed by atoms with Crippen LogP contribution in [-0.4, -0.2) is 28.0 Å². The number of benzene rings is 2. The van der Waals surface area contributed by atoms with Crippen LogP contribution in [0.1, 0.15) is 16.2 Å². The van der Waals surface area contributed by atoms with Gasteiger partial charge in [0, 0.05) is 11.1 Å². The zero-order valence-electron chi connectivity index (χ0n) is 13.5. The molecule has 0 aliphatic rings. The molecule has 0 unspecified atom stereocenters. The molecule has 1 N–H and O–H groups in total. The minimum Gasteiger partial charge on any atom is -0.497 e. The molecule has 128 valence electrons. The molecule has 1 amide bonds. The van der Waals surface area contributed by atoms with Gasteiger partial charge in [0.05, 0.1) is 24.2 Å². The quantitative estimate of drug-likeness (QED) is 0.771.